The molecule has 0 amide bonds. The van der Waals surface area contributed by atoms with Crippen molar-refractivity contribution in [2.24, 2.45) is 0 Å². The number of rotatable bonds is 3. The van der Waals surface area contributed by atoms with Crippen LogP contribution in [0.5, 0.6) is 0 Å². The molecule has 0 fully saturated rings. The number of hydrogen-bond donors (Lipinski definition) is 0. The third-order valence-corrected chi connectivity index (χ3v) is 3.65. The number of halogens is 1. The Morgan fingerprint density at radius 2 is 1.93 bits per heavy atom. The molecular formula is C10H10FNO2S. The molecule has 5 heteroatoms. The molecular weight excluding hydrogens is 216 g/mol. The van der Waals surface area contributed by atoms with E-state index in [1.165, 1.54) is 19.2 Å². The van der Waals surface area contributed by atoms with E-state index in [-0.39, 0.29) is 11.4 Å². The van der Waals surface area contributed by atoms with Crippen LogP contribution in [-0.4, -0.2) is 26.3 Å². The summed E-state index contributed by atoms with van der Waals surface area (Å²) in [5, 5.41) is 0. The Balaban J connectivity index is 3.07. The average molecular weight is 226 g/mol. The molecule has 0 spiro atoms. The summed E-state index contributed by atoms with van der Waals surface area (Å²) in [6.45, 7) is -0.0142. The molecule has 0 aliphatic carbocycles. The van der Waals surface area contributed by atoms with Gasteiger partial charge in [-0.25, -0.2) is 12.8 Å². The molecule has 1 aromatic carbocycles. The van der Waals surface area contributed by atoms with Crippen LogP contribution < -0.4 is 0 Å². The SMILES string of the molecule is C#CCN(C)S(=O)(=O)c1ccc([18F])cc1. The fourth-order valence-electron chi connectivity index (χ4n) is 1.00. The van der Waals surface area contributed by atoms with Crippen molar-refractivity contribution in [2.75, 3.05) is 13.6 Å². The Morgan fingerprint density at radius 3 is 2.40 bits per heavy atom. The molecule has 1 rings (SSSR count). The second-order valence-electron chi connectivity index (χ2n) is 2.92. The molecule has 0 bridgehead atoms. The van der Waals surface area contributed by atoms with Crippen LogP contribution in [0.4, 0.5) is 4.39 Å². The third-order valence-electron chi connectivity index (χ3n) is 1.84. The highest BCUT2D eigenvalue weighted by atomic mass is 32.2. The minimum absolute atomic E-state index is 0.0142. The standard InChI is InChI=1S/C10H10FNO2S/c1-3-8-12(2)15(13,14)10-6-4-9(11)5-7-10/h1,4-7H,8H2,2H3/i11-1. The topological polar surface area (TPSA) is 37.4 Å². The van der Waals surface area contributed by atoms with Crippen molar-refractivity contribution in [3.8, 4) is 12.3 Å². The molecule has 80 valence electrons. The predicted molar refractivity (Wildman–Crippen MR) is 55.0 cm³/mol. The second-order valence-corrected chi connectivity index (χ2v) is 4.96. The molecule has 3 nitrogen and oxygen atoms in total. The van der Waals surface area contributed by atoms with Gasteiger partial charge in [0, 0.05) is 7.05 Å². The fraction of sp³-hybridized carbons (Fsp3) is 0.200. The maximum atomic E-state index is 12.6. The van der Waals surface area contributed by atoms with Gasteiger partial charge in [-0.15, -0.1) is 6.42 Å². The quantitative estimate of drug-likeness (QED) is 0.723. The Morgan fingerprint density at radius 1 is 1.40 bits per heavy atom. The summed E-state index contributed by atoms with van der Waals surface area (Å²) >= 11 is 0. The average Bonchev–Trinajstić information content (AvgIpc) is 2.18. The van der Waals surface area contributed by atoms with Gasteiger partial charge in [0.1, 0.15) is 5.82 Å². The first-order valence-electron chi connectivity index (χ1n) is 4.14. The van der Waals surface area contributed by atoms with Gasteiger partial charge < -0.3 is 0 Å². The van der Waals surface area contributed by atoms with E-state index in [0.29, 0.717) is 0 Å². The minimum Gasteiger partial charge on any atom is -0.207 e. The van der Waals surface area contributed by atoms with Crippen LogP contribution in [-0.2, 0) is 10.0 Å². The Labute approximate surface area is 88.6 Å². The zero-order chi connectivity index (χ0) is 11.5. The van der Waals surface area contributed by atoms with Gasteiger partial charge in [0.25, 0.3) is 0 Å². The van der Waals surface area contributed by atoms with E-state index in [0.717, 1.165) is 16.4 Å². The van der Waals surface area contributed by atoms with Crippen molar-refractivity contribution >= 4 is 10.0 Å². The van der Waals surface area contributed by atoms with Crippen LogP contribution in [0.25, 0.3) is 0 Å². The van der Waals surface area contributed by atoms with Crippen LogP contribution in [0.2, 0.25) is 0 Å². The maximum Gasteiger partial charge on any atom is 0.243 e. The molecule has 0 aromatic heterocycles. The van der Waals surface area contributed by atoms with Gasteiger partial charge in [-0.1, -0.05) is 5.92 Å². The van der Waals surface area contributed by atoms with Crippen molar-refractivity contribution in [1.29, 1.82) is 0 Å². The summed E-state index contributed by atoms with van der Waals surface area (Å²) in [5.74, 6) is 1.75. The number of benzene rings is 1. The normalized spacial score (nSPS) is 11.3. The highest BCUT2D eigenvalue weighted by molar-refractivity contribution is 7.89. The maximum absolute atomic E-state index is 12.6. The van der Waals surface area contributed by atoms with Gasteiger partial charge in [-0.05, 0) is 24.3 Å². The zero-order valence-electron chi connectivity index (χ0n) is 8.14. The third kappa shape index (κ3) is 2.55. The van der Waals surface area contributed by atoms with Crippen molar-refractivity contribution in [3.63, 3.8) is 0 Å². The van der Waals surface area contributed by atoms with E-state index in [1.807, 2.05) is 0 Å². The molecule has 0 aliphatic rings. The van der Waals surface area contributed by atoms with Crippen LogP contribution in [0.15, 0.2) is 29.2 Å². The van der Waals surface area contributed by atoms with Gasteiger partial charge in [0.2, 0.25) is 10.0 Å². The first-order chi connectivity index (χ1) is 6.98. The summed E-state index contributed by atoms with van der Waals surface area (Å²) in [4.78, 5) is 0.0293. The van der Waals surface area contributed by atoms with E-state index in [1.54, 1.807) is 0 Å². The number of nitrogens with zero attached hydrogens (tertiary/aromatic N) is 1. The van der Waals surface area contributed by atoms with Crippen molar-refractivity contribution in [3.05, 3.63) is 30.1 Å². The summed E-state index contributed by atoms with van der Waals surface area (Å²) < 4.78 is 37.1. The molecule has 0 saturated carbocycles. The lowest BCUT2D eigenvalue weighted by Crippen LogP contribution is -2.27. The zero-order valence-corrected chi connectivity index (χ0v) is 8.96. The van der Waals surface area contributed by atoms with Gasteiger partial charge >= 0.3 is 0 Å². The Kier molecular flexibility index (Phi) is 3.45. The van der Waals surface area contributed by atoms with Gasteiger partial charge in [-0.2, -0.15) is 4.31 Å². The van der Waals surface area contributed by atoms with Crippen LogP contribution in [0, 0.1) is 18.2 Å². The molecule has 0 saturated heterocycles. The predicted octanol–water partition coefficient (Wildman–Crippen LogP) is 1.08. The number of terminal acetylenes is 1. The monoisotopic (exact) mass is 226 g/mol. The molecule has 0 atom stereocenters. The highest BCUT2D eigenvalue weighted by Crippen LogP contribution is 2.13. The Hall–Kier alpha value is -1.38. The van der Waals surface area contributed by atoms with Gasteiger partial charge in [0.05, 0.1) is 11.4 Å². The lowest BCUT2D eigenvalue weighted by molar-refractivity contribution is 0.502. The molecule has 0 radical (unpaired) electrons. The molecule has 0 unspecified atom stereocenters. The lowest BCUT2D eigenvalue weighted by atomic mass is 10.3. The van der Waals surface area contributed by atoms with E-state index >= 15 is 0 Å². The van der Waals surface area contributed by atoms with E-state index in [4.69, 9.17) is 6.42 Å². The summed E-state index contributed by atoms with van der Waals surface area (Å²) in [7, 11) is -2.22. The highest BCUT2D eigenvalue weighted by Gasteiger charge is 2.19. The van der Waals surface area contributed by atoms with Gasteiger partial charge in [-0.3, -0.25) is 0 Å². The number of sulfonamides is 1. The first kappa shape index (κ1) is 11.7. The lowest BCUT2D eigenvalue weighted by Gasteiger charge is -2.13. The molecule has 1 aromatic rings. The smallest absolute Gasteiger partial charge is 0.207 e. The molecule has 0 aliphatic heterocycles. The summed E-state index contributed by atoms with van der Waals surface area (Å²) in [6, 6.07) is 4.60. The van der Waals surface area contributed by atoms with Crippen LogP contribution in [0.1, 0.15) is 0 Å². The summed E-state index contributed by atoms with van der Waals surface area (Å²) in [6.07, 6.45) is 5.01. The Bertz CT molecular complexity index is 473. The largest absolute Gasteiger partial charge is 0.243 e. The van der Waals surface area contributed by atoms with Gasteiger partial charge in [0.15, 0.2) is 0 Å². The fourth-order valence-corrected chi connectivity index (χ4v) is 2.08. The summed E-state index contributed by atoms with van der Waals surface area (Å²) in [5.41, 5.74) is 0. The molecule has 0 heterocycles. The number of hydrogen-bond acceptors (Lipinski definition) is 2. The molecule has 0 N–H and O–H groups in total. The van der Waals surface area contributed by atoms with Crippen molar-refractivity contribution in [1.82, 2.24) is 4.31 Å². The first-order valence-corrected chi connectivity index (χ1v) is 5.58. The van der Waals surface area contributed by atoms with E-state index < -0.39 is 15.8 Å². The van der Waals surface area contributed by atoms with Crippen LogP contribution >= 0.6 is 0 Å². The molecule has 15 heavy (non-hydrogen) atoms. The van der Waals surface area contributed by atoms with Crippen LogP contribution in [0.3, 0.4) is 0 Å². The van der Waals surface area contributed by atoms with Crippen molar-refractivity contribution < 1.29 is 12.8 Å². The van der Waals surface area contributed by atoms with E-state index in [2.05, 4.69) is 5.92 Å². The minimum atomic E-state index is -3.59. The second kappa shape index (κ2) is 4.43. The van der Waals surface area contributed by atoms with Crippen molar-refractivity contribution in [2.45, 2.75) is 4.90 Å². The van der Waals surface area contributed by atoms with E-state index in [9.17, 15) is 12.8 Å².